The molecule has 18 rings (SSSR count). The molecule has 5 nitrogen and oxygen atoms in total. The fourth-order valence-corrected chi connectivity index (χ4v) is 14.3. The normalized spacial score (nSPS) is 14.0. The van der Waals surface area contributed by atoms with Crippen molar-refractivity contribution in [1.29, 1.82) is 0 Å². The fraction of sp³-hybridized carbons (Fsp3) is 0.0135. The van der Waals surface area contributed by atoms with E-state index in [2.05, 4.69) is 273 Å². The third-order valence-electron chi connectivity index (χ3n) is 17.5. The number of nitrogens with zero attached hydrogens (tertiary/aromatic N) is 4. The third-order valence-corrected chi connectivity index (χ3v) is 17.5. The van der Waals surface area contributed by atoms with Crippen molar-refractivity contribution >= 4 is 110 Å². The van der Waals surface area contributed by atoms with E-state index in [0.29, 0.717) is 6.42 Å². The first kappa shape index (κ1) is 42.7. The minimum absolute atomic E-state index is 0.0774. The zero-order chi connectivity index (χ0) is 51.6. The van der Waals surface area contributed by atoms with E-state index in [1.807, 2.05) is 0 Å². The van der Waals surface area contributed by atoms with Gasteiger partial charge in [-0.3, -0.25) is 4.79 Å². The second-order valence-electron chi connectivity index (χ2n) is 21.5. The number of aromatic nitrogens is 4. The van der Waals surface area contributed by atoms with Crippen LogP contribution in [0.25, 0.3) is 132 Å². The molecule has 0 bridgehead atoms. The number of para-hydroxylation sites is 8. The second kappa shape index (κ2) is 15.8. The smallest absolute Gasteiger partial charge is 0.190 e. The molecule has 15 aromatic rings. The number of benzene rings is 11. The molecule has 11 aromatic carbocycles. The lowest BCUT2D eigenvalue weighted by Crippen LogP contribution is -2.09. The van der Waals surface area contributed by atoms with Crippen LogP contribution in [0.3, 0.4) is 0 Å². The van der Waals surface area contributed by atoms with Crippen LogP contribution in [-0.4, -0.2) is 24.1 Å². The number of Topliss-reactive ketones (excluding diaryl/α,β-unsaturated/α-hetero) is 1. The number of carbonyl (C=O) groups excluding carboxylic acids is 1. The molecule has 4 heterocycles. The van der Waals surface area contributed by atoms with Gasteiger partial charge < -0.3 is 18.3 Å². The van der Waals surface area contributed by atoms with Crippen molar-refractivity contribution in [2.75, 3.05) is 0 Å². The topological polar surface area (TPSA) is 36.8 Å². The summed E-state index contributed by atoms with van der Waals surface area (Å²) in [7, 11) is 0. The van der Waals surface area contributed by atoms with Gasteiger partial charge in [0, 0.05) is 83.4 Å². The summed E-state index contributed by atoms with van der Waals surface area (Å²) in [5.74, 6) is 0.0774. The summed E-state index contributed by atoms with van der Waals surface area (Å²) in [6.07, 6.45) is 2.91. The maximum atomic E-state index is 16.0. The van der Waals surface area contributed by atoms with E-state index in [9.17, 15) is 0 Å². The highest BCUT2D eigenvalue weighted by Gasteiger charge is 2.39. The molecule has 0 unspecified atom stereocenters. The minimum Gasteiger partial charge on any atom is -0.313 e. The van der Waals surface area contributed by atoms with Gasteiger partial charge in [-0.25, -0.2) is 0 Å². The van der Waals surface area contributed by atoms with Crippen LogP contribution in [-0.2, 0) is 0 Å². The molecule has 0 N–H and O–H groups in total. The average molecular weight is 1010 g/mol. The summed E-state index contributed by atoms with van der Waals surface area (Å²) in [4.78, 5) is 16.0. The molecule has 79 heavy (non-hydrogen) atoms. The van der Waals surface area contributed by atoms with Crippen molar-refractivity contribution in [3.8, 4) is 28.2 Å². The van der Waals surface area contributed by atoms with Gasteiger partial charge in [0.15, 0.2) is 5.78 Å². The van der Waals surface area contributed by atoms with Crippen molar-refractivity contribution in [2.24, 2.45) is 0 Å². The van der Waals surface area contributed by atoms with E-state index in [1.54, 1.807) is 0 Å². The van der Waals surface area contributed by atoms with Gasteiger partial charge in [0.1, 0.15) is 0 Å². The van der Waals surface area contributed by atoms with Crippen LogP contribution in [0.5, 0.6) is 0 Å². The lowest BCUT2D eigenvalue weighted by Gasteiger charge is -2.23. The highest BCUT2D eigenvalue weighted by Crippen LogP contribution is 2.55. The second-order valence-corrected chi connectivity index (χ2v) is 21.5. The van der Waals surface area contributed by atoms with E-state index in [0.717, 1.165) is 111 Å². The molecular formula is C74H44N4O. The SMILES string of the molecule is O=C1C2=C(C(=C3c4cc(-n5c6ccccc6c6ccccc65)ccc4-c4ccc(-n5c6ccccc6c6ccccc65)cc43)C=C(n3c4ccccc4c4ccccc43)C2)c2ccc(-n3c4ccccc4c4ccccc43)cc21. The van der Waals surface area contributed by atoms with Gasteiger partial charge in [0.05, 0.1) is 44.1 Å². The van der Waals surface area contributed by atoms with E-state index >= 15 is 4.79 Å². The van der Waals surface area contributed by atoms with Crippen LogP contribution in [0.1, 0.15) is 33.5 Å². The number of ketones is 1. The van der Waals surface area contributed by atoms with Gasteiger partial charge in [-0.05, 0) is 136 Å². The molecule has 5 heteroatoms. The Hall–Kier alpha value is -10.5. The fourth-order valence-electron chi connectivity index (χ4n) is 14.3. The maximum Gasteiger partial charge on any atom is 0.190 e. The average Bonchev–Trinajstić information content (AvgIpc) is 4.39. The number of hydrogen-bond acceptors (Lipinski definition) is 1. The Kier molecular flexibility index (Phi) is 8.54. The number of hydrogen-bond donors (Lipinski definition) is 0. The summed E-state index contributed by atoms with van der Waals surface area (Å²) >= 11 is 0. The summed E-state index contributed by atoms with van der Waals surface area (Å²) in [6.45, 7) is 0. The van der Waals surface area contributed by atoms with E-state index in [-0.39, 0.29) is 5.78 Å². The molecule has 0 fully saturated rings. The first-order valence-corrected chi connectivity index (χ1v) is 27.3. The zero-order valence-corrected chi connectivity index (χ0v) is 42.7. The standard InChI is InChI=1S/C74H44N4O/c79-74-61-41-46(77-68-29-13-5-21-54(68)55-22-6-14-30-69(55)77)35-38-58(61)72-62(42-47(43-63(72)74)78-70-31-15-7-23-56(70)57-24-8-16-32-71(57)78)73-59-39-44(75-64-25-9-1-17-50(64)51-18-2-10-26-65(51)75)33-36-48(59)49-37-34-45(40-60(49)73)76-66-27-11-3-19-52(66)53-20-4-12-28-67(53)76/h1-42H,43H2. The summed E-state index contributed by atoms with van der Waals surface area (Å²) < 4.78 is 9.60. The Bertz CT molecular complexity index is 4990. The largest absolute Gasteiger partial charge is 0.313 e. The summed E-state index contributed by atoms with van der Waals surface area (Å²) in [5.41, 5.74) is 23.6. The molecule has 3 aliphatic rings. The van der Waals surface area contributed by atoms with E-state index in [1.165, 1.54) is 54.2 Å². The Morgan fingerprint density at radius 2 is 0.557 bits per heavy atom. The van der Waals surface area contributed by atoms with E-state index < -0.39 is 0 Å². The molecule has 0 amide bonds. The number of rotatable bonds is 4. The van der Waals surface area contributed by atoms with Crippen molar-refractivity contribution < 1.29 is 4.79 Å². The number of allylic oxidation sites excluding steroid dienone is 5. The molecule has 366 valence electrons. The molecule has 3 aliphatic carbocycles. The predicted octanol–water partition coefficient (Wildman–Crippen LogP) is 18.5. The molecule has 0 saturated heterocycles. The summed E-state index contributed by atoms with van der Waals surface area (Å²) in [6, 6.07) is 90.4. The van der Waals surface area contributed by atoms with Crippen LogP contribution >= 0.6 is 0 Å². The monoisotopic (exact) mass is 1000 g/mol. The van der Waals surface area contributed by atoms with Crippen LogP contribution in [0, 0.1) is 0 Å². The van der Waals surface area contributed by atoms with Crippen LogP contribution in [0.15, 0.2) is 266 Å². The number of fused-ring (bicyclic) bond motifs is 17. The van der Waals surface area contributed by atoms with Gasteiger partial charge in [-0.1, -0.05) is 164 Å². The highest BCUT2D eigenvalue weighted by atomic mass is 16.1. The van der Waals surface area contributed by atoms with Crippen molar-refractivity contribution in [1.82, 2.24) is 18.3 Å². The molecule has 0 atom stereocenters. The Labute approximate surface area is 453 Å². The quantitative estimate of drug-likeness (QED) is 0.173. The Balaban J connectivity index is 0.950. The molecule has 0 saturated carbocycles. The molecule has 0 spiro atoms. The Morgan fingerprint density at radius 1 is 0.266 bits per heavy atom. The van der Waals surface area contributed by atoms with Crippen LogP contribution < -0.4 is 0 Å². The zero-order valence-electron chi connectivity index (χ0n) is 42.7. The highest BCUT2D eigenvalue weighted by molar-refractivity contribution is 6.28. The van der Waals surface area contributed by atoms with Crippen molar-refractivity contribution in [2.45, 2.75) is 6.42 Å². The van der Waals surface area contributed by atoms with Gasteiger partial charge in [-0.15, -0.1) is 0 Å². The van der Waals surface area contributed by atoms with Gasteiger partial charge in [-0.2, -0.15) is 0 Å². The number of carbonyl (C=O) groups is 1. The molecule has 0 radical (unpaired) electrons. The lowest BCUT2D eigenvalue weighted by atomic mass is 9.84. The maximum absolute atomic E-state index is 16.0. The van der Waals surface area contributed by atoms with Crippen LogP contribution in [0.4, 0.5) is 0 Å². The van der Waals surface area contributed by atoms with Crippen molar-refractivity contribution in [3.63, 3.8) is 0 Å². The minimum atomic E-state index is 0.0774. The van der Waals surface area contributed by atoms with Gasteiger partial charge in [0.2, 0.25) is 0 Å². The molecular weight excluding hydrogens is 961 g/mol. The lowest BCUT2D eigenvalue weighted by molar-refractivity contribution is 0.103. The van der Waals surface area contributed by atoms with E-state index in [4.69, 9.17) is 0 Å². The van der Waals surface area contributed by atoms with Gasteiger partial charge >= 0.3 is 0 Å². The van der Waals surface area contributed by atoms with Gasteiger partial charge in [0.25, 0.3) is 0 Å². The Morgan fingerprint density at radius 3 is 0.899 bits per heavy atom. The van der Waals surface area contributed by atoms with Crippen molar-refractivity contribution in [3.05, 3.63) is 288 Å². The summed E-state index contributed by atoms with van der Waals surface area (Å²) in [5, 5.41) is 9.64. The predicted molar refractivity (Wildman–Crippen MR) is 327 cm³/mol. The van der Waals surface area contributed by atoms with Crippen LogP contribution in [0.2, 0.25) is 0 Å². The first-order chi connectivity index (χ1) is 39.1. The molecule has 0 aliphatic heterocycles. The third kappa shape index (κ3) is 5.75. The molecule has 4 aromatic heterocycles. The first-order valence-electron chi connectivity index (χ1n) is 27.3.